The van der Waals surface area contributed by atoms with E-state index < -0.39 is 35.8 Å². The van der Waals surface area contributed by atoms with Gasteiger partial charge in [-0.2, -0.15) is 0 Å². The van der Waals surface area contributed by atoms with Gasteiger partial charge in [0.15, 0.2) is 0 Å². The highest BCUT2D eigenvalue weighted by atomic mass is 16.4. The van der Waals surface area contributed by atoms with Gasteiger partial charge in [0, 0.05) is 50.1 Å². The number of benzene rings is 2. The van der Waals surface area contributed by atoms with Gasteiger partial charge in [0.05, 0.1) is 0 Å². The van der Waals surface area contributed by atoms with Crippen LogP contribution in [0.15, 0.2) is 73.1 Å². The number of carbonyl (C=O) groups is 4. The normalized spacial score (nSPS) is 12.2. The molecule has 8 N–H and O–H groups in total. The molecule has 2 amide bonds. The molecule has 4 rings (SSSR count). The van der Waals surface area contributed by atoms with Gasteiger partial charge in [-0.3, -0.25) is 29.1 Å². The number of carboxylic acid groups (broad SMARTS) is 2. The second kappa shape index (κ2) is 17.7. The number of aliphatic hydroxyl groups excluding tert-OH is 2. The highest BCUT2D eigenvalue weighted by molar-refractivity contribution is 6.05. The van der Waals surface area contributed by atoms with Crippen LogP contribution >= 0.6 is 0 Å². The fourth-order valence-electron chi connectivity index (χ4n) is 5.19. The van der Waals surface area contributed by atoms with E-state index in [4.69, 9.17) is 10.2 Å². The zero-order valence-corrected chi connectivity index (χ0v) is 27.6. The number of hydrogen-bond acceptors (Lipinski definition) is 10. The van der Waals surface area contributed by atoms with Crippen LogP contribution in [0.1, 0.15) is 56.1 Å². The number of aromatic nitrogens is 2. The molecule has 0 bridgehead atoms. The molecule has 2 aromatic carbocycles. The van der Waals surface area contributed by atoms with Crippen LogP contribution in [-0.2, 0) is 22.7 Å². The summed E-state index contributed by atoms with van der Waals surface area (Å²) in [6, 6.07) is 15.7. The minimum atomic E-state index is -1.06. The number of carbonyl (C=O) groups excluding carboxylic acids is 2. The minimum absolute atomic E-state index is 0.0681. The predicted octanol–water partition coefficient (Wildman–Crippen LogP) is 3.12. The van der Waals surface area contributed by atoms with E-state index in [2.05, 4.69) is 31.2 Å². The van der Waals surface area contributed by atoms with Crippen molar-refractivity contribution in [1.29, 1.82) is 0 Å². The molecular weight excluding hydrogens is 644 g/mol. The molecule has 14 heteroatoms. The average molecular weight is 685 g/mol. The number of pyridine rings is 2. The van der Waals surface area contributed by atoms with Crippen molar-refractivity contribution in [3.8, 4) is 11.1 Å². The van der Waals surface area contributed by atoms with Crippen LogP contribution in [-0.4, -0.2) is 79.4 Å². The molecule has 2 heterocycles. The molecule has 0 aliphatic carbocycles. The SMILES string of the molecule is Cc1c(NC(=O)c2ccc(CN[C@@H](CCO)C(=O)O)cn2)cccc1-c1cccc(NC(=O)c2ccc(CN[C@@H](CCO)C(=O)O)cn2)c1C. The molecule has 2 aromatic heterocycles. The molecule has 2 atom stereocenters. The summed E-state index contributed by atoms with van der Waals surface area (Å²) in [7, 11) is 0. The number of carboxylic acids is 2. The molecule has 4 aromatic rings. The van der Waals surface area contributed by atoms with Gasteiger partial charge in [-0.15, -0.1) is 0 Å². The van der Waals surface area contributed by atoms with E-state index in [0.29, 0.717) is 22.5 Å². The maximum Gasteiger partial charge on any atom is 0.320 e. The summed E-state index contributed by atoms with van der Waals surface area (Å²) >= 11 is 0. The fraction of sp³-hybridized carbons (Fsp3) is 0.278. The van der Waals surface area contributed by atoms with Gasteiger partial charge in [-0.1, -0.05) is 36.4 Å². The van der Waals surface area contributed by atoms with Gasteiger partial charge in [-0.05, 0) is 84.3 Å². The molecule has 0 spiro atoms. The lowest BCUT2D eigenvalue weighted by atomic mass is 9.94. The number of rotatable bonds is 17. The molecule has 0 aliphatic rings. The Kier molecular flexibility index (Phi) is 13.2. The smallest absolute Gasteiger partial charge is 0.320 e. The van der Waals surface area contributed by atoms with Crippen molar-refractivity contribution in [3.63, 3.8) is 0 Å². The van der Waals surface area contributed by atoms with Gasteiger partial charge in [0.2, 0.25) is 0 Å². The molecule has 0 fully saturated rings. The lowest BCUT2D eigenvalue weighted by Crippen LogP contribution is -2.37. The van der Waals surface area contributed by atoms with E-state index in [0.717, 1.165) is 22.3 Å². The number of aliphatic hydroxyl groups is 2. The van der Waals surface area contributed by atoms with Gasteiger partial charge in [0.1, 0.15) is 23.5 Å². The van der Waals surface area contributed by atoms with Crippen molar-refractivity contribution in [2.24, 2.45) is 0 Å². The minimum Gasteiger partial charge on any atom is -0.480 e. The van der Waals surface area contributed by atoms with Crippen molar-refractivity contribution in [3.05, 3.63) is 107 Å². The van der Waals surface area contributed by atoms with Crippen molar-refractivity contribution >= 4 is 35.1 Å². The van der Waals surface area contributed by atoms with Crippen molar-refractivity contribution in [2.75, 3.05) is 23.8 Å². The first kappa shape index (κ1) is 37.3. The quantitative estimate of drug-likeness (QED) is 0.0804. The molecule has 0 unspecified atom stereocenters. The van der Waals surface area contributed by atoms with Crippen LogP contribution < -0.4 is 21.3 Å². The molecule has 0 saturated heterocycles. The van der Waals surface area contributed by atoms with E-state index >= 15 is 0 Å². The molecule has 0 aliphatic heterocycles. The van der Waals surface area contributed by atoms with Crippen LogP contribution in [0.25, 0.3) is 11.1 Å². The summed E-state index contributed by atoms with van der Waals surface area (Å²) < 4.78 is 0. The third-order valence-corrected chi connectivity index (χ3v) is 8.11. The maximum absolute atomic E-state index is 13.1. The summed E-state index contributed by atoms with van der Waals surface area (Å²) in [6.45, 7) is 3.65. The number of amides is 2. The van der Waals surface area contributed by atoms with Gasteiger partial charge < -0.3 is 41.7 Å². The summed E-state index contributed by atoms with van der Waals surface area (Å²) in [5.74, 6) is -2.97. The van der Waals surface area contributed by atoms with Gasteiger partial charge >= 0.3 is 11.9 Å². The number of anilines is 2. The molecular formula is C36H40N6O8. The lowest BCUT2D eigenvalue weighted by Gasteiger charge is -2.17. The van der Waals surface area contributed by atoms with Crippen LogP contribution in [0, 0.1) is 13.8 Å². The van der Waals surface area contributed by atoms with E-state index in [1.54, 1.807) is 36.4 Å². The summed E-state index contributed by atoms with van der Waals surface area (Å²) in [4.78, 5) is 57.3. The van der Waals surface area contributed by atoms with E-state index in [-0.39, 0.29) is 50.5 Å². The van der Waals surface area contributed by atoms with Gasteiger partial charge in [-0.25, -0.2) is 0 Å². The standard InChI is InChI=1S/C36H40N6O8/c1-21-25(5-3-7-27(21)41-33(45)29-11-9-23(17-37-29)19-39-31(13-15-43)35(47)48)26-6-4-8-28(22(26)2)42-34(46)30-12-10-24(18-38-30)20-40-32(14-16-44)36(49)50/h3-12,17-18,31-32,39-40,43-44H,13-16,19-20H2,1-2H3,(H,41,45)(H,42,46)(H,47,48)(H,49,50)/t31-,32-/m0/s1. The average Bonchev–Trinajstić information content (AvgIpc) is 3.10. The highest BCUT2D eigenvalue weighted by Gasteiger charge is 2.19. The third-order valence-electron chi connectivity index (χ3n) is 8.11. The first-order valence-corrected chi connectivity index (χ1v) is 15.9. The van der Waals surface area contributed by atoms with E-state index in [1.807, 2.05) is 38.1 Å². The molecule has 0 radical (unpaired) electrons. The van der Waals surface area contributed by atoms with E-state index in [1.165, 1.54) is 12.4 Å². The molecule has 262 valence electrons. The molecule has 14 nitrogen and oxygen atoms in total. The Morgan fingerprint density at radius 3 is 1.34 bits per heavy atom. The Morgan fingerprint density at radius 2 is 1.02 bits per heavy atom. The predicted molar refractivity (Wildman–Crippen MR) is 186 cm³/mol. The zero-order chi connectivity index (χ0) is 36.2. The Balaban J connectivity index is 1.42. The summed E-state index contributed by atoms with van der Waals surface area (Å²) in [5, 5.41) is 48.1. The maximum atomic E-state index is 13.1. The van der Waals surface area contributed by atoms with Crippen LogP contribution in [0.5, 0.6) is 0 Å². The van der Waals surface area contributed by atoms with Crippen LogP contribution in [0.4, 0.5) is 11.4 Å². The second-order valence-electron chi connectivity index (χ2n) is 11.5. The first-order chi connectivity index (χ1) is 24.0. The molecule has 0 saturated carbocycles. The van der Waals surface area contributed by atoms with Gasteiger partial charge in [0.25, 0.3) is 11.8 Å². The fourth-order valence-corrected chi connectivity index (χ4v) is 5.19. The number of hydrogen-bond donors (Lipinski definition) is 8. The Hall–Kier alpha value is -5.54. The Morgan fingerprint density at radius 1 is 0.620 bits per heavy atom. The monoisotopic (exact) mass is 684 g/mol. The zero-order valence-electron chi connectivity index (χ0n) is 27.6. The Bertz CT molecular complexity index is 1680. The van der Waals surface area contributed by atoms with Crippen LogP contribution in [0.3, 0.4) is 0 Å². The second-order valence-corrected chi connectivity index (χ2v) is 11.5. The van der Waals surface area contributed by atoms with Crippen molar-refractivity contribution in [2.45, 2.75) is 51.9 Å². The highest BCUT2D eigenvalue weighted by Crippen LogP contribution is 2.34. The Labute approximate surface area is 288 Å². The summed E-state index contributed by atoms with van der Waals surface area (Å²) in [5.41, 5.74) is 6.14. The summed E-state index contributed by atoms with van der Waals surface area (Å²) in [6.07, 6.45) is 3.12. The van der Waals surface area contributed by atoms with Crippen molar-refractivity contribution in [1.82, 2.24) is 20.6 Å². The van der Waals surface area contributed by atoms with E-state index in [9.17, 15) is 29.4 Å². The molecule has 50 heavy (non-hydrogen) atoms. The lowest BCUT2D eigenvalue weighted by molar-refractivity contribution is -0.140. The largest absolute Gasteiger partial charge is 0.480 e. The number of aliphatic carboxylic acids is 2. The van der Waals surface area contributed by atoms with Crippen LogP contribution in [0.2, 0.25) is 0 Å². The first-order valence-electron chi connectivity index (χ1n) is 15.9. The number of nitrogens with one attached hydrogen (secondary N) is 4. The topological polar surface area (TPSA) is 223 Å². The van der Waals surface area contributed by atoms with Crippen molar-refractivity contribution < 1.29 is 39.6 Å². The number of nitrogens with zero attached hydrogens (tertiary/aromatic N) is 2. The third kappa shape index (κ3) is 9.76.